The topological polar surface area (TPSA) is 35.2 Å². The fourth-order valence-electron chi connectivity index (χ4n) is 2.93. The van der Waals surface area contributed by atoms with Gasteiger partial charge in [0.2, 0.25) is 0 Å². The van der Waals surface area contributed by atoms with Gasteiger partial charge >= 0.3 is 0 Å². The first-order valence-electron chi connectivity index (χ1n) is 8.24. The van der Waals surface area contributed by atoms with Crippen molar-refractivity contribution in [1.82, 2.24) is 0 Å². The van der Waals surface area contributed by atoms with Gasteiger partial charge in [-0.3, -0.25) is 0 Å². The Kier molecular flexibility index (Phi) is 4.97. The van der Waals surface area contributed by atoms with Crippen molar-refractivity contribution in [3.05, 3.63) is 89.0 Å². The highest BCUT2D eigenvalue weighted by molar-refractivity contribution is 5.68. The average molecular weight is 317 g/mol. The van der Waals surface area contributed by atoms with Gasteiger partial charge in [0.15, 0.2) is 0 Å². The van der Waals surface area contributed by atoms with Crippen LogP contribution in [0.3, 0.4) is 0 Å². The lowest BCUT2D eigenvalue weighted by molar-refractivity contribution is 0.301. The molecule has 0 radical (unpaired) electrons. The maximum Gasteiger partial charge on any atom is 0.127 e. The molecule has 122 valence electrons. The summed E-state index contributed by atoms with van der Waals surface area (Å²) in [5.41, 5.74) is 12.9. The molecule has 2 N–H and O–H groups in total. The molecule has 0 heterocycles. The summed E-state index contributed by atoms with van der Waals surface area (Å²) in [5.74, 6) is 0.901. The predicted octanol–water partition coefficient (Wildman–Crippen LogP) is 5.01. The Morgan fingerprint density at radius 3 is 2.33 bits per heavy atom. The smallest absolute Gasteiger partial charge is 0.127 e. The minimum Gasteiger partial charge on any atom is -0.488 e. The Bertz CT molecular complexity index is 825. The minimum absolute atomic E-state index is 0.463. The highest BCUT2D eigenvalue weighted by atomic mass is 16.5. The van der Waals surface area contributed by atoms with Crippen LogP contribution in [0.15, 0.2) is 66.7 Å². The molecule has 0 spiro atoms. The first kappa shape index (κ1) is 16.3. The average Bonchev–Trinajstić information content (AvgIpc) is 2.61. The second kappa shape index (κ2) is 7.33. The van der Waals surface area contributed by atoms with Crippen molar-refractivity contribution in [2.24, 2.45) is 5.73 Å². The van der Waals surface area contributed by atoms with Crippen molar-refractivity contribution < 1.29 is 4.74 Å². The summed E-state index contributed by atoms with van der Waals surface area (Å²) in [6.07, 6.45) is 0. The van der Waals surface area contributed by atoms with Crippen molar-refractivity contribution in [2.45, 2.75) is 27.0 Å². The van der Waals surface area contributed by atoms with Crippen LogP contribution in [0.5, 0.6) is 5.75 Å². The quantitative estimate of drug-likeness (QED) is 0.718. The van der Waals surface area contributed by atoms with Crippen LogP contribution < -0.4 is 10.5 Å². The molecule has 3 aromatic carbocycles. The second-order valence-corrected chi connectivity index (χ2v) is 6.13. The van der Waals surface area contributed by atoms with E-state index in [0.717, 1.165) is 22.4 Å². The monoisotopic (exact) mass is 317 g/mol. The van der Waals surface area contributed by atoms with Crippen LogP contribution in [0, 0.1) is 13.8 Å². The van der Waals surface area contributed by atoms with Crippen LogP contribution in [0.25, 0.3) is 11.1 Å². The minimum atomic E-state index is 0.463. The lowest BCUT2D eigenvalue weighted by Gasteiger charge is -2.16. The van der Waals surface area contributed by atoms with Crippen molar-refractivity contribution in [1.29, 1.82) is 0 Å². The fraction of sp³-hybridized carbons (Fsp3) is 0.182. The number of nitrogens with two attached hydrogens (primary N) is 1. The van der Waals surface area contributed by atoms with E-state index in [-0.39, 0.29) is 0 Å². The molecule has 3 rings (SSSR count). The molecule has 0 amide bonds. The number of rotatable bonds is 5. The van der Waals surface area contributed by atoms with Gasteiger partial charge in [-0.15, -0.1) is 0 Å². The molecule has 0 atom stereocenters. The number of benzene rings is 3. The van der Waals surface area contributed by atoms with E-state index >= 15 is 0 Å². The van der Waals surface area contributed by atoms with E-state index in [0.29, 0.717) is 13.2 Å². The van der Waals surface area contributed by atoms with Gasteiger partial charge in [0.25, 0.3) is 0 Å². The summed E-state index contributed by atoms with van der Waals surface area (Å²) >= 11 is 0. The molecule has 0 bridgehead atoms. The Hall–Kier alpha value is -2.58. The molecule has 2 heteroatoms. The summed E-state index contributed by atoms with van der Waals surface area (Å²) < 4.78 is 6.08. The largest absolute Gasteiger partial charge is 0.488 e. The summed E-state index contributed by atoms with van der Waals surface area (Å²) in [4.78, 5) is 0. The third-order valence-corrected chi connectivity index (χ3v) is 4.15. The first-order chi connectivity index (χ1) is 11.7. The molecule has 0 aliphatic carbocycles. The summed E-state index contributed by atoms with van der Waals surface area (Å²) in [5, 5.41) is 0. The second-order valence-electron chi connectivity index (χ2n) is 6.13. The fourth-order valence-corrected chi connectivity index (χ4v) is 2.93. The molecule has 0 fully saturated rings. The predicted molar refractivity (Wildman–Crippen MR) is 100 cm³/mol. The Labute approximate surface area is 143 Å². The number of ether oxygens (including phenoxy) is 1. The zero-order valence-corrected chi connectivity index (χ0v) is 14.3. The molecule has 0 unspecified atom stereocenters. The molecule has 2 nitrogen and oxygen atoms in total. The van der Waals surface area contributed by atoms with E-state index in [1.165, 1.54) is 16.7 Å². The van der Waals surface area contributed by atoms with E-state index in [9.17, 15) is 0 Å². The molecule has 24 heavy (non-hydrogen) atoms. The molecular weight excluding hydrogens is 294 g/mol. The van der Waals surface area contributed by atoms with Gasteiger partial charge in [0, 0.05) is 12.1 Å². The highest BCUT2D eigenvalue weighted by Gasteiger charge is 2.10. The van der Waals surface area contributed by atoms with Gasteiger partial charge in [-0.05, 0) is 48.2 Å². The molecule has 0 aromatic heterocycles. The number of hydrogen-bond acceptors (Lipinski definition) is 2. The van der Waals surface area contributed by atoms with E-state index < -0.39 is 0 Å². The third-order valence-electron chi connectivity index (χ3n) is 4.15. The van der Waals surface area contributed by atoms with Crippen LogP contribution in [0.2, 0.25) is 0 Å². The zero-order chi connectivity index (χ0) is 16.9. The summed E-state index contributed by atoms with van der Waals surface area (Å²) in [6, 6.07) is 23.0. The first-order valence-corrected chi connectivity index (χ1v) is 8.24. The number of hydrogen-bond donors (Lipinski definition) is 1. The number of aryl methyl sites for hydroxylation is 2. The van der Waals surface area contributed by atoms with Crippen molar-refractivity contribution in [2.75, 3.05) is 0 Å². The Morgan fingerprint density at radius 2 is 1.62 bits per heavy atom. The molecule has 0 saturated carbocycles. The van der Waals surface area contributed by atoms with E-state index in [4.69, 9.17) is 10.5 Å². The van der Waals surface area contributed by atoms with Crippen LogP contribution in [-0.2, 0) is 13.2 Å². The van der Waals surface area contributed by atoms with E-state index in [2.05, 4.69) is 62.4 Å². The van der Waals surface area contributed by atoms with Gasteiger partial charge in [0.1, 0.15) is 12.4 Å². The SMILES string of the molecule is Cc1cccc(-c2cc(C)c(OCc3ccccc3)c(CN)c2)c1. The highest BCUT2D eigenvalue weighted by Crippen LogP contribution is 2.31. The van der Waals surface area contributed by atoms with E-state index in [1.54, 1.807) is 0 Å². The van der Waals surface area contributed by atoms with Crippen LogP contribution >= 0.6 is 0 Å². The normalized spacial score (nSPS) is 10.6. The van der Waals surface area contributed by atoms with Gasteiger partial charge in [0.05, 0.1) is 0 Å². The Morgan fingerprint density at radius 1 is 0.833 bits per heavy atom. The summed E-state index contributed by atoms with van der Waals surface area (Å²) in [7, 11) is 0. The van der Waals surface area contributed by atoms with Crippen molar-refractivity contribution in [3.8, 4) is 16.9 Å². The maximum absolute atomic E-state index is 6.08. The van der Waals surface area contributed by atoms with Gasteiger partial charge in [-0.1, -0.05) is 60.2 Å². The van der Waals surface area contributed by atoms with Crippen molar-refractivity contribution in [3.63, 3.8) is 0 Å². The zero-order valence-electron chi connectivity index (χ0n) is 14.3. The molecule has 0 saturated heterocycles. The van der Waals surface area contributed by atoms with Crippen molar-refractivity contribution >= 4 is 0 Å². The standard InChI is InChI=1S/C22H23NO/c1-16-7-6-10-19(11-16)20-12-17(2)22(21(13-20)14-23)24-15-18-8-4-3-5-9-18/h3-13H,14-15,23H2,1-2H3. The molecule has 3 aromatic rings. The van der Waals surface area contributed by atoms with Gasteiger partial charge in [-0.2, -0.15) is 0 Å². The molecular formula is C22H23NO. The van der Waals surface area contributed by atoms with E-state index in [1.807, 2.05) is 18.2 Å². The van der Waals surface area contributed by atoms with Gasteiger partial charge in [-0.25, -0.2) is 0 Å². The Balaban J connectivity index is 1.90. The van der Waals surface area contributed by atoms with Crippen LogP contribution in [-0.4, -0.2) is 0 Å². The maximum atomic E-state index is 6.08. The summed E-state index contributed by atoms with van der Waals surface area (Å²) in [6.45, 7) is 5.21. The lowest BCUT2D eigenvalue weighted by atomic mass is 9.98. The van der Waals surface area contributed by atoms with Crippen LogP contribution in [0.1, 0.15) is 22.3 Å². The third kappa shape index (κ3) is 3.66. The molecule has 0 aliphatic heterocycles. The molecule has 0 aliphatic rings. The van der Waals surface area contributed by atoms with Crippen LogP contribution in [0.4, 0.5) is 0 Å². The lowest BCUT2D eigenvalue weighted by Crippen LogP contribution is -2.05. The van der Waals surface area contributed by atoms with Gasteiger partial charge < -0.3 is 10.5 Å².